The van der Waals surface area contributed by atoms with Gasteiger partial charge in [-0.3, -0.25) is 4.79 Å². The smallest absolute Gasteiger partial charge is 0.261 e. The summed E-state index contributed by atoms with van der Waals surface area (Å²) in [5.41, 5.74) is 2.36. The fourth-order valence-electron chi connectivity index (χ4n) is 2.39. The predicted octanol–water partition coefficient (Wildman–Crippen LogP) is 5.00. The number of aromatic nitrogens is 1. The van der Waals surface area contributed by atoms with E-state index in [-0.39, 0.29) is 5.56 Å². The second-order valence-corrected chi connectivity index (χ2v) is 5.76. The van der Waals surface area contributed by atoms with Crippen LogP contribution in [0.25, 0.3) is 11.3 Å². The molecule has 0 fully saturated rings. The summed E-state index contributed by atoms with van der Waals surface area (Å²) >= 11 is 6.19. The number of nitrogens with zero attached hydrogens (tertiary/aromatic N) is 1. The average molecular weight is 345 g/mol. The third-order valence-electron chi connectivity index (χ3n) is 3.67. The molecule has 0 bridgehead atoms. The molecule has 0 radical (unpaired) electrons. The lowest BCUT2D eigenvalue weighted by Gasteiger charge is -2.09. The molecule has 3 aromatic rings. The van der Waals surface area contributed by atoms with Crippen LogP contribution in [0.2, 0.25) is 5.02 Å². The summed E-state index contributed by atoms with van der Waals surface area (Å²) in [5.74, 6) is -0.502. The zero-order valence-corrected chi connectivity index (χ0v) is 13.8. The van der Waals surface area contributed by atoms with Crippen LogP contribution in [0, 0.1) is 19.7 Å². The van der Waals surface area contributed by atoms with E-state index in [0.29, 0.717) is 27.7 Å². The van der Waals surface area contributed by atoms with Crippen LogP contribution >= 0.6 is 11.6 Å². The van der Waals surface area contributed by atoms with Crippen molar-refractivity contribution in [3.8, 4) is 11.3 Å². The van der Waals surface area contributed by atoms with Crippen molar-refractivity contribution in [3.63, 3.8) is 0 Å². The monoisotopic (exact) mass is 344 g/mol. The van der Waals surface area contributed by atoms with E-state index in [4.69, 9.17) is 16.1 Å². The zero-order valence-electron chi connectivity index (χ0n) is 13.1. The summed E-state index contributed by atoms with van der Waals surface area (Å²) < 4.78 is 18.6. The molecule has 0 aliphatic rings. The van der Waals surface area contributed by atoms with Crippen molar-refractivity contribution in [2.24, 2.45) is 0 Å². The maximum absolute atomic E-state index is 13.4. The van der Waals surface area contributed by atoms with E-state index in [0.717, 1.165) is 5.56 Å². The van der Waals surface area contributed by atoms with Gasteiger partial charge in [0.25, 0.3) is 5.91 Å². The van der Waals surface area contributed by atoms with Gasteiger partial charge < -0.3 is 9.84 Å². The summed E-state index contributed by atoms with van der Waals surface area (Å²) in [6.07, 6.45) is 0. The molecule has 0 aliphatic heterocycles. The normalized spacial score (nSPS) is 10.7. The Hall–Kier alpha value is -2.66. The molecule has 0 saturated carbocycles. The van der Waals surface area contributed by atoms with Crippen molar-refractivity contribution < 1.29 is 13.7 Å². The quantitative estimate of drug-likeness (QED) is 0.727. The van der Waals surface area contributed by atoms with E-state index in [1.54, 1.807) is 44.2 Å². The molecule has 1 amide bonds. The van der Waals surface area contributed by atoms with Gasteiger partial charge >= 0.3 is 0 Å². The van der Waals surface area contributed by atoms with Gasteiger partial charge in [-0.25, -0.2) is 4.39 Å². The minimum absolute atomic E-state index is 0.270. The van der Waals surface area contributed by atoms with Gasteiger partial charge in [0.15, 0.2) is 0 Å². The van der Waals surface area contributed by atoms with Crippen LogP contribution in [-0.2, 0) is 0 Å². The lowest BCUT2D eigenvalue weighted by atomic mass is 10.1. The second kappa shape index (κ2) is 6.45. The summed E-state index contributed by atoms with van der Waals surface area (Å²) in [5, 5.41) is 7.12. The van der Waals surface area contributed by atoms with Gasteiger partial charge in [0.2, 0.25) is 0 Å². The number of rotatable bonds is 3. The SMILES string of the molecule is Cc1ccc(F)cc1NC(=O)c1c(-c2ccccc2Cl)noc1C. The zero-order chi connectivity index (χ0) is 17.3. The average Bonchev–Trinajstić information content (AvgIpc) is 2.93. The highest BCUT2D eigenvalue weighted by Gasteiger charge is 2.23. The first-order valence-corrected chi connectivity index (χ1v) is 7.64. The third-order valence-corrected chi connectivity index (χ3v) is 4.00. The minimum Gasteiger partial charge on any atom is -0.360 e. The number of anilines is 1. The minimum atomic E-state index is -0.433. The number of hydrogen-bond acceptors (Lipinski definition) is 3. The summed E-state index contributed by atoms with van der Waals surface area (Å²) in [7, 11) is 0. The Kier molecular flexibility index (Phi) is 4.36. The number of carbonyl (C=O) groups is 1. The molecular weight excluding hydrogens is 331 g/mol. The number of halogens is 2. The second-order valence-electron chi connectivity index (χ2n) is 5.36. The van der Waals surface area contributed by atoms with Gasteiger partial charge in [-0.2, -0.15) is 0 Å². The van der Waals surface area contributed by atoms with Gasteiger partial charge in [-0.15, -0.1) is 0 Å². The number of benzene rings is 2. The molecule has 6 heteroatoms. The largest absolute Gasteiger partial charge is 0.360 e. The van der Waals surface area contributed by atoms with Crippen LogP contribution in [0.3, 0.4) is 0 Å². The first-order chi connectivity index (χ1) is 11.5. The van der Waals surface area contributed by atoms with Crippen LogP contribution in [0.1, 0.15) is 21.7 Å². The van der Waals surface area contributed by atoms with Crippen LogP contribution in [0.15, 0.2) is 47.0 Å². The molecule has 1 N–H and O–H groups in total. The van der Waals surface area contributed by atoms with E-state index in [2.05, 4.69) is 10.5 Å². The molecule has 0 saturated heterocycles. The lowest BCUT2D eigenvalue weighted by Crippen LogP contribution is -2.14. The topological polar surface area (TPSA) is 55.1 Å². The van der Waals surface area contributed by atoms with E-state index >= 15 is 0 Å². The van der Waals surface area contributed by atoms with Gasteiger partial charge in [-0.05, 0) is 37.6 Å². The number of amides is 1. The van der Waals surface area contributed by atoms with Gasteiger partial charge in [-0.1, -0.05) is 41.0 Å². The Morgan fingerprint density at radius 1 is 1.21 bits per heavy atom. The molecule has 4 nitrogen and oxygen atoms in total. The van der Waals surface area contributed by atoms with Gasteiger partial charge in [0.05, 0.1) is 5.02 Å². The molecule has 0 aliphatic carbocycles. The Balaban J connectivity index is 2.01. The van der Waals surface area contributed by atoms with Gasteiger partial charge in [0.1, 0.15) is 22.8 Å². The van der Waals surface area contributed by atoms with Crippen molar-refractivity contribution in [3.05, 3.63) is 70.2 Å². The number of hydrogen-bond donors (Lipinski definition) is 1. The molecular formula is C18H14ClFN2O2. The van der Waals surface area contributed by atoms with Crippen LogP contribution in [-0.4, -0.2) is 11.1 Å². The van der Waals surface area contributed by atoms with E-state index < -0.39 is 11.7 Å². The molecule has 1 heterocycles. The molecule has 1 aromatic heterocycles. The maximum Gasteiger partial charge on any atom is 0.261 e. The molecule has 24 heavy (non-hydrogen) atoms. The van der Waals surface area contributed by atoms with Crippen LogP contribution in [0.4, 0.5) is 10.1 Å². The first kappa shape index (κ1) is 16.2. The molecule has 3 rings (SSSR count). The summed E-state index contributed by atoms with van der Waals surface area (Å²) in [6.45, 7) is 3.42. The van der Waals surface area contributed by atoms with Crippen LogP contribution in [0.5, 0.6) is 0 Å². The van der Waals surface area contributed by atoms with Crippen LogP contribution < -0.4 is 5.32 Å². The molecule has 0 atom stereocenters. The molecule has 0 unspecified atom stereocenters. The van der Waals surface area contributed by atoms with E-state index in [1.807, 2.05) is 0 Å². The fraction of sp³-hybridized carbons (Fsp3) is 0.111. The Morgan fingerprint density at radius 2 is 1.96 bits per heavy atom. The van der Waals surface area contributed by atoms with E-state index in [9.17, 15) is 9.18 Å². The fourth-order valence-corrected chi connectivity index (χ4v) is 2.62. The van der Waals surface area contributed by atoms with Gasteiger partial charge in [0, 0.05) is 11.3 Å². The standard InChI is InChI=1S/C18H14ClFN2O2/c1-10-7-8-12(20)9-15(10)21-18(23)16-11(2)24-22-17(16)13-5-3-4-6-14(13)19/h3-9H,1-2H3,(H,21,23). The predicted molar refractivity (Wildman–Crippen MR) is 90.8 cm³/mol. The number of aryl methyl sites for hydroxylation is 2. The Bertz CT molecular complexity index is 921. The highest BCUT2D eigenvalue weighted by Crippen LogP contribution is 2.31. The summed E-state index contributed by atoms with van der Waals surface area (Å²) in [4.78, 5) is 12.7. The Morgan fingerprint density at radius 3 is 2.71 bits per heavy atom. The molecule has 0 spiro atoms. The number of nitrogens with one attached hydrogen (secondary N) is 1. The molecule has 122 valence electrons. The lowest BCUT2D eigenvalue weighted by molar-refractivity contribution is 0.102. The maximum atomic E-state index is 13.4. The highest BCUT2D eigenvalue weighted by molar-refractivity contribution is 6.33. The summed E-state index contributed by atoms with van der Waals surface area (Å²) in [6, 6.07) is 11.2. The third kappa shape index (κ3) is 3.03. The van der Waals surface area contributed by atoms with Crippen molar-refractivity contribution in [1.82, 2.24) is 5.16 Å². The van der Waals surface area contributed by atoms with Crippen molar-refractivity contribution in [2.75, 3.05) is 5.32 Å². The first-order valence-electron chi connectivity index (χ1n) is 7.26. The highest BCUT2D eigenvalue weighted by atomic mass is 35.5. The Labute approximate surface area is 143 Å². The van der Waals surface area contributed by atoms with E-state index in [1.165, 1.54) is 12.1 Å². The van der Waals surface area contributed by atoms with Crippen molar-refractivity contribution in [2.45, 2.75) is 13.8 Å². The number of carbonyl (C=O) groups excluding carboxylic acids is 1. The molecule has 2 aromatic carbocycles. The van der Waals surface area contributed by atoms with Crippen molar-refractivity contribution >= 4 is 23.2 Å². The van der Waals surface area contributed by atoms with Crippen molar-refractivity contribution in [1.29, 1.82) is 0 Å².